The number of nitrogens with zero attached hydrogens (tertiary/aromatic N) is 1. The van der Waals surface area contributed by atoms with E-state index in [1.54, 1.807) is 31.2 Å². The lowest BCUT2D eigenvalue weighted by atomic mass is 10.3. The lowest BCUT2D eigenvalue weighted by Crippen LogP contribution is -2.57. The Kier molecular flexibility index (Phi) is 3.22. The van der Waals surface area contributed by atoms with Crippen molar-refractivity contribution in [3.63, 3.8) is 0 Å². The average molecular weight is 195 g/mol. The molecular weight excluding hydrogens is 182 g/mol. The van der Waals surface area contributed by atoms with Crippen LogP contribution in [-0.4, -0.2) is 19.7 Å². The average Bonchev–Trinajstić information content (AvgIpc) is 2.19. The molecule has 1 aromatic rings. The summed E-state index contributed by atoms with van der Waals surface area (Å²) >= 11 is 0. The molecular formula is C10H13NO3. The zero-order chi connectivity index (χ0) is 10.6. The van der Waals surface area contributed by atoms with E-state index < -0.39 is 10.7 Å². The van der Waals surface area contributed by atoms with Gasteiger partial charge in [0.2, 0.25) is 0 Å². The summed E-state index contributed by atoms with van der Waals surface area (Å²) in [6.45, 7) is 2.04. The zero-order valence-corrected chi connectivity index (χ0v) is 8.27. The van der Waals surface area contributed by atoms with Crippen molar-refractivity contribution >= 4 is 11.8 Å². The minimum absolute atomic E-state index is 0.305. The molecule has 1 aromatic carbocycles. The first kappa shape index (κ1) is 10.7. The van der Waals surface area contributed by atoms with E-state index in [-0.39, 0.29) is 0 Å². The van der Waals surface area contributed by atoms with Gasteiger partial charge in [-0.3, -0.25) is 0 Å². The van der Waals surface area contributed by atoms with Crippen LogP contribution < -0.4 is 9.75 Å². The topological polar surface area (TPSA) is 49.4 Å². The smallest absolute Gasteiger partial charge is 0.297 e. The fourth-order valence-electron chi connectivity index (χ4n) is 1.20. The molecule has 14 heavy (non-hydrogen) atoms. The molecule has 4 heteroatoms. The lowest BCUT2D eigenvalue weighted by molar-refractivity contribution is -0.294. The third-order valence-corrected chi connectivity index (χ3v) is 1.98. The zero-order valence-electron chi connectivity index (χ0n) is 8.27. The predicted molar refractivity (Wildman–Crippen MR) is 51.2 cm³/mol. The summed E-state index contributed by atoms with van der Waals surface area (Å²) in [5, 5.41) is 10.9. The van der Waals surface area contributed by atoms with E-state index in [0.717, 1.165) is 0 Å². The van der Waals surface area contributed by atoms with Crippen molar-refractivity contribution in [1.29, 1.82) is 0 Å². The molecule has 4 nitrogen and oxygen atoms in total. The summed E-state index contributed by atoms with van der Waals surface area (Å²) in [5.41, 5.74) is 0.536. The first-order valence-corrected chi connectivity index (χ1v) is 4.39. The van der Waals surface area contributed by atoms with Gasteiger partial charge in [-0.2, -0.15) is 4.84 Å². The highest BCUT2D eigenvalue weighted by Crippen LogP contribution is 2.20. The summed E-state index contributed by atoms with van der Waals surface area (Å²) in [7, 11) is 1.44. The molecule has 0 aliphatic rings. The van der Waals surface area contributed by atoms with Crippen LogP contribution in [0.3, 0.4) is 0 Å². The van der Waals surface area contributed by atoms with Crippen molar-refractivity contribution in [1.82, 2.24) is 4.65 Å². The number of hydroxylamine groups is 2. The second kappa shape index (κ2) is 4.21. The molecule has 0 spiro atoms. The van der Waals surface area contributed by atoms with Gasteiger partial charge in [-0.15, -0.1) is 4.65 Å². The van der Waals surface area contributed by atoms with E-state index in [1.807, 2.05) is 6.07 Å². The number of quaternary nitrogens is 1. The van der Waals surface area contributed by atoms with Crippen molar-refractivity contribution in [3.8, 4) is 0 Å². The molecule has 1 atom stereocenters. The maximum Gasteiger partial charge on any atom is 0.297 e. The van der Waals surface area contributed by atoms with E-state index in [9.17, 15) is 9.90 Å². The van der Waals surface area contributed by atoms with Crippen LogP contribution in [0.2, 0.25) is 0 Å². The molecule has 0 aliphatic heterocycles. The van der Waals surface area contributed by atoms with E-state index >= 15 is 0 Å². The molecule has 0 radical (unpaired) electrons. The molecule has 1 rings (SSSR count). The van der Waals surface area contributed by atoms with Gasteiger partial charge in [-0.1, -0.05) is 18.2 Å². The van der Waals surface area contributed by atoms with Gasteiger partial charge in [0.1, 0.15) is 13.7 Å². The number of rotatable bonds is 3. The molecule has 0 heterocycles. The van der Waals surface area contributed by atoms with Crippen LogP contribution in [0.25, 0.3) is 0 Å². The summed E-state index contributed by atoms with van der Waals surface area (Å²) in [5.74, 6) is 0. The van der Waals surface area contributed by atoms with Crippen LogP contribution >= 0.6 is 0 Å². The number of amides is 1. The van der Waals surface area contributed by atoms with E-state index in [1.165, 1.54) is 7.05 Å². The minimum Gasteiger partial charge on any atom is -0.496 e. The van der Waals surface area contributed by atoms with Crippen molar-refractivity contribution in [2.45, 2.75) is 6.92 Å². The van der Waals surface area contributed by atoms with Crippen LogP contribution in [0.1, 0.15) is 6.92 Å². The van der Waals surface area contributed by atoms with Gasteiger partial charge in [-0.05, 0) is 6.92 Å². The largest absolute Gasteiger partial charge is 0.496 e. The number of hydrogen-bond acceptors (Lipinski definition) is 3. The van der Waals surface area contributed by atoms with Gasteiger partial charge in [0.15, 0.2) is 5.69 Å². The number of carboxylic acid groups (broad SMARTS) is 1. The molecule has 0 N–H and O–H groups in total. The number of carbonyl (C=O) groups excluding carboxylic acids is 1. The van der Waals surface area contributed by atoms with Crippen molar-refractivity contribution < 1.29 is 14.7 Å². The van der Waals surface area contributed by atoms with Crippen LogP contribution in [-0.2, 0) is 4.84 Å². The number of hydrogen-bond donors (Lipinski definition) is 0. The van der Waals surface area contributed by atoms with E-state index in [4.69, 9.17) is 4.84 Å². The van der Waals surface area contributed by atoms with Gasteiger partial charge in [0.05, 0.1) is 0 Å². The van der Waals surface area contributed by atoms with Crippen LogP contribution in [0, 0.1) is 0 Å². The Balaban J connectivity index is 3.06. The minimum atomic E-state index is -1.28. The molecule has 1 amide bonds. The first-order chi connectivity index (χ1) is 6.61. The normalized spacial score (nSPS) is 14.7. The summed E-state index contributed by atoms with van der Waals surface area (Å²) in [4.78, 5) is 16.1. The Hall–Kier alpha value is -1.39. The number of carbonyl (C=O) groups is 1. The molecule has 0 aliphatic carbocycles. The standard InChI is InChI=1S/C10H13NO3/c1-3-14-11(2,10(12)13)9-7-5-4-6-8-9/h4-8H,3H2,1-2H3. The fraction of sp³-hybridized carbons (Fsp3) is 0.300. The Morgan fingerprint density at radius 3 is 2.43 bits per heavy atom. The van der Waals surface area contributed by atoms with Crippen LogP contribution in [0.15, 0.2) is 30.3 Å². The van der Waals surface area contributed by atoms with Crippen molar-refractivity contribution in [3.05, 3.63) is 30.3 Å². The van der Waals surface area contributed by atoms with Gasteiger partial charge in [-0.25, -0.2) is 0 Å². The Labute approximate surface area is 82.9 Å². The maximum atomic E-state index is 10.9. The molecule has 0 aromatic heterocycles. The SMILES string of the molecule is CCO[N+](C)(C(=O)[O-])c1ccccc1. The highest BCUT2D eigenvalue weighted by atomic mass is 16.7. The predicted octanol–water partition coefficient (Wildman–Crippen LogP) is 0.918. The van der Waals surface area contributed by atoms with Gasteiger partial charge < -0.3 is 9.90 Å². The summed E-state index contributed by atoms with van der Waals surface area (Å²) < 4.78 is -0.655. The molecule has 0 bridgehead atoms. The van der Waals surface area contributed by atoms with E-state index in [0.29, 0.717) is 12.3 Å². The van der Waals surface area contributed by atoms with Crippen LogP contribution in [0.5, 0.6) is 0 Å². The molecule has 0 fully saturated rings. The van der Waals surface area contributed by atoms with Crippen molar-refractivity contribution in [2.75, 3.05) is 13.7 Å². The Morgan fingerprint density at radius 2 is 2.00 bits per heavy atom. The van der Waals surface area contributed by atoms with Crippen molar-refractivity contribution in [2.24, 2.45) is 0 Å². The fourth-order valence-corrected chi connectivity index (χ4v) is 1.20. The van der Waals surface area contributed by atoms with Gasteiger partial charge in [0.25, 0.3) is 6.09 Å². The second-order valence-electron chi connectivity index (χ2n) is 2.94. The number of benzene rings is 1. The maximum absolute atomic E-state index is 10.9. The second-order valence-corrected chi connectivity index (χ2v) is 2.94. The third kappa shape index (κ3) is 1.92. The summed E-state index contributed by atoms with van der Waals surface area (Å²) in [6.07, 6.45) is -1.28. The third-order valence-electron chi connectivity index (χ3n) is 1.98. The highest BCUT2D eigenvalue weighted by Gasteiger charge is 2.29. The molecule has 0 saturated heterocycles. The first-order valence-electron chi connectivity index (χ1n) is 4.39. The van der Waals surface area contributed by atoms with Gasteiger partial charge >= 0.3 is 0 Å². The Bertz CT molecular complexity index is 312. The van der Waals surface area contributed by atoms with Gasteiger partial charge in [0, 0.05) is 12.1 Å². The Morgan fingerprint density at radius 1 is 1.43 bits per heavy atom. The monoisotopic (exact) mass is 195 g/mol. The molecule has 0 saturated carbocycles. The number of para-hydroxylation sites is 1. The highest BCUT2D eigenvalue weighted by molar-refractivity contribution is 5.76. The van der Waals surface area contributed by atoms with Crippen LogP contribution in [0.4, 0.5) is 10.5 Å². The summed E-state index contributed by atoms with van der Waals surface area (Å²) in [6, 6.07) is 8.70. The molecule has 76 valence electrons. The quantitative estimate of drug-likeness (QED) is 0.532. The lowest BCUT2D eigenvalue weighted by Gasteiger charge is -2.29. The van der Waals surface area contributed by atoms with E-state index in [2.05, 4.69) is 0 Å². The molecule has 1 unspecified atom stereocenters.